The number of benzene rings is 2. The van der Waals surface area contributed by atoms with Gasteiger partial charge in [0.15, 0.2) is 0 Å². The first-order chi connectivity index (χ1) is 16.8. The molecule has 35 heavy (non-hydrogen) atoms. The molecule has 0 fully saturated rings. The maximum Gasteiger partial charge on any atom is 0.332 e. The molecule has 0 saturated heterocycles. The summed E-state index contributed by atoms with van der Waals surface area (Å²) in [4.78, 5) is 40.2. The minimum Gasteiger partial charge on any atom is -0.497 e. The zero-order valence-corrected chi connectivity index (χ0v) is 20.8. The molecule has 4 aromatic rings. The molecule has 0 radical (unpaired) electrons. The number of carbonyl (C=O) groups is 1. The number of esters is 1. The van der Waals surface area contributed by atoms with E-state index in [0.717, 1.165) is 33.0 Å². The molecule has 4 rings (SSSR count). The molecular weight excluding hydrogens is 446 g/mol. The number of aryl methyl sites for hydroxylation is 2. The van der Waals surface area contributed by atoms with E-state index in [0.29, 0.717) is 29.5 Å². The van der Waals surface area contributed by atoms with Gasteiger partial charge in [-0.25, -0.2) is 14.2 Å². The summed E-state index contributed by atoms with van der Waals surface area (Å²) in [6.07, 6.45) is 3.82. The fourth-order valence-corrected chi connectivity index (χ4v) is 4.83. The largest absolute Gasteiger partial charge is 0.497 e. The van der Waals surface area contributed by atoms with Crippen molar-refractivity contribution in [2.45, 2.75) is 45.7 Å². The molecule has 184 valence electrons. The second-order valence-corrected chi connectivity index (χ2v) is 8.84. The van der Waals surface area contributed by atoms with Gasteiger partial charge in [-0.1, -0.05) is 31.9 Å². The fraction of sp³-hybridized carbons (Fsp3) is 0.370. The van der Waals surface area contributed by atoms with Gasteiger partial charge in [0.25, 0.3) is 5.56 Å². The van der Waals surface area contributed by atoms with E-state index in [9.17, 15) is 14.4 Å². The van der Waals surface area contributed by atoms with Gasteiger partial charge in [0, 0.05) is 24.1 Å². The Hall–Kier alpha value is -3.81. The van der Waals surface area contributed by atoms with Crippen LogP contribution in [0.3, 0.4) is 0 Å². The van der Waals surface area contributed by atoms with Crippen molar-refractivity contribution in [3.05, 3.63) is 74.6 Å². The highest BCUT2D eigenvalue weighted by Crippen LogP contribution is 2.26. The second kappa shape index (κ2) is 9.82. The number of ether oxygens (including phenoxy) is 2. The molecule has 2 aromatic carbocycles. The van der Waals surface area contributed by atoms with E-state index in [2.05, 4.69) is 0 Å². The Kier molecular flexibility index (Phi) is 6.82. The van der Waals surface area contributed by atoms with Crippen molar-refractivity contribution in [1.29, 1.82) is 0 Å². The van der Waals surface area contributed by atoms with Gasteiger partial charge < -0.3 is 14.0 Å². The number of fused-ring (bicyclic) bond motifs is 2. The molecule has 0 N–H and O–H groups in total. The molecule has 0 amide bonds. The standard InChI is InChI=1S/C27H31N3O5/c1-6-7-10-23(26(32)35-5)30-25(31)20-14-19(34-4)12-13-21(20)29(27(30)33)16-18-15-28(3)22-11-8-9-17(2)24(18)22/h8-9,11-15,23H,6-7,10,16H2,1-5H3/t23-/m0/s1. The SMILES string of the molecule is CCCC[C@@H](C(=O)OC)n1c(=O)c2cc(OC)ccc2n(Cc2cn(C)c3cccc(C)c23)c1=O. The third-order valence-electron chi connectivity index (χ3n) is 6.63. The van der Waals surface area contributed by atoms with Gasteiger partial charge in [-0.3, -0.25) is 9.36 Å². The van der Waals surface area contributed by atoms with Crippen molar-refractivity contribution in [1.82, 2.24) is 13.7 Å². The van der Waals surface area contributed by atoms with Crippen molar-refractivity contribution in [3.8, 4) is 5.75 Å². The van der Waals surface area contributed by atoms with Gasteiger partial charge in [0.1, 0.15) is 11.8 Å². The smallest absolute Gasteiger partial charge is 0.332 e. The predicted molar refractivity (Wildman–Crippen MR) is 136 cm³/mol. The average Bonchev–Trinajstić information content (AvgIpc) is 3.19. The topological polar surface area (TPSA) is 84.5 Å². The van der Waals surface area contributed by atoms with Crippen LogP contribution < -0.4 is 16.0 Å². The van der Waals surface area contributed by atoms with Crippen LogP contribution >= 0.6 is 0 Å². The number of carbonyl (C=O) groups excluding carboxylic acids is 1. The van der Waals surface area contributed by atoms with E-state index in [4.69, 9.17) is 9.47 Å². The number of hydrogen-bond acceptors (Lipinski definition) is 5. The Morgan fingerprint density at radius 1 is 1.09 bits per heavy atom. The lowest BCUT2D eigenvalue weighted by Crippen LogP contribution is -2.45. The van der Waals surface area contributed by atoms with Crippen LogP contribution in [-0.2, 0) is 23.1 Å². The number of nitrogens with zero attached hydrogens (tertiary/aromatic N) is 3. The van der Waals surface area contributed by atoms with Crippen molar-refractivity contribution < 1.29 is 14.3 Å². The predicted octanol–water partition coefficient (Wildman–Crippen LogP) is 3.92. The first-order valence-electron chi connectivity index (χ1n) is 11.8. The molecule has 0 aliphatic carbocycles. The summed E-state index contributed by atoms with van der Waals surface area (Å²) >= 11 is 0. The molecule has 0 aliphatic heterocycles. The van der Waals surface area contributed by atoms with Gasteiger partial charge in [-0.15, -0.1) is 0 Å². The first-order valence-corrected chi connectivity index (χ1v) is 11.8. The van der Waals surface area contributed by atoms with Crippen molar-refractivity contribution in [2.24, 2.45) is 7.05 Å². The lowest BCUT2D eigenvalue weighted by atomic mass is 10.1. The monoisotopic (exact) mass is 477 g/mol. The second-order valence-electron chi connectivity index (χ2n) is 8.84. The Labute approximate surface area is 203 Å². The van der Waals surface area contributed by atoms with E-state index in [1.807, 2.05) is 49.9 Å². The van der Waals surface area contributed by atoms with Crippen LogP contribution in [0.4, 0.5) is 0 Å². The Balaban J connectivity index is 2.03. The van der Waals surface area contributed by atoms with Gasteiger partial charge in [-0.2, -0.15) is 0 Å². The van der Waals surface area contributed by atoms with Crippen LogP contribution in [0.15, 0.2) is 52.2 Å². The molecule has 0 aliphatic rings. The summed E-state index contributed by atoms with van der Waals surface area (Å²) in [6, 6.07) is 10.1. The normalized spacial score (nSPS) is 12.3. The minimum atomic E-state index is -1.00. The Morgan fingerprint density at radius 3 is 2.54 bits per heavy atom. The third kappa shape index (κ3) is 4.24. The first kappa shape index (κ1) is 24.3. The van der Waals surface area contributed by atoms with Gasteiger partial charge in [0.05, 0.1) is 31.7 Å². The van der Waals surface area contributed by atoms with Crippen LogP contribution in [0.5, 0.6) is 5.75 Å². The van der Waals surface area contributed by atoms with E-state index in [1.54, 1.807) is 22.8 Å². The number of methoxy groups -OCH3 is 2. The molecule has 8 nitrogen and oxygen atoms in total. The average molecular weight is 478 g/mol. The molecule has 0 spiro atoms. The Bertz CT molecular complexity index is 1530. The maximum absolute atomic E-state index is 13.9. The van der Waals surface area contributed by atoms with Crippen LogP contribution in [-0.4, -0.2) is 33.9 Å². The van der Waals surface area contributed by atoms with E-state index >= 15 is 0 Å². The van der Waals surface area contributed by atoms with Gasteiger partial charge in [-0.05, 0) is 48.7 Å². The highest BCUT2D eigenvalue weighted by atomic mass is 16.5. The summed E-state index contributed by atoms with van der Waals surface area (Å²) < 4.78 is 15.0. The summed E-state index contributed by atoms with van der Waals surface area (Å²) in [5, 5.41) is 1.38. The van der Waals surface area contributed by atoms with E-state index in [1.165, 1.54) is 14.2 Å². The quantitative estimate of drug-likeness (QED) is 0.359. The minimum absolute atomic E-state index is 0.242. The molecule has 0 unspecified atom stereocenters. The highest BCUT2D eigenvalue weighted by molar-refractivity contribution is 5.87. The van der Waals surface area contributed by atoms with Gasteiger partial charge in [0.2, 0.25) is 0 Å². The molecule has 1 atom stereocenters. The summed E-state index contributed by atoms with van der Waals surface area (Å²) in [5.74, 6) is -0.108. The summed E-state index contributed by atoms with van der Waals surface area (Å²) in [6.45, 7) is 4.27. The fourth-order valence-electron chi connectivity index (χ4n) is 4.83. The summed E-state index contributed by atoms with van der Waals surface area (Å²) in [5.41, 5.74) is 2.53. The lowest BCUT2D eigenvalue weighted by Gasteiger charge is -2.20. The molecule has 0 saturated carbocycles. The highest BCUT2D eigenvalue weighted by Gasteiger charge is 2.27. The zero-order valence-electron chi connectivity index (χ0n) is 20.8. The van der Waals surface area contributed by atoms with Crippen LogP contribution in [0.25, 0.3) is 21.8 Å². The molecule has 8 heteroatoms. The number of hydrogen-bond donors (Lipinski definition) is 0. The van der Waals surface area contributed by atoms with Crippen LogP contribution in [0, 0.1) is 6.92 Å². The maximum atomic E-state index is 13.9. The van der Waals surface area contributed by atoms with Crippen LogP contribution in [0.1, 0.15) is 43.4 Å². The molecule has 0 bridgehead atoms. The Morgan fingerprint density at radius 2 is 1.86 bits per heavy atom. The number of unbranched alkanes of at least 4 members (excludes halogenated alkanes) is 1. The van der Waals surface area contributed by atoms with Crippen molar-refractivity contribution >= 4 is 27.8 Å². The van der Waals surface area contributed by atoms with E-state index < -0.39 is 23.3 Å². The third-order valence-corrected chi connectivity index (χ3v) is 6.63. The lowest BCUT2D eigenvalue weighted by molar-refractivity contribution is -0.145. The number of rotatable bonds is 8. The molecule has 2 aromatic heterocycles. The zero-order chi connectivity index (χ0) is 25.3. The summed E-state index contributed by atoms with van der Waals surface area (Å²) in [7, 11) is 4.76. The van der Waals surface area contributed by atoms with Crippen LogP contribution in [0.2, 0.25) is 0 Å². The van der Waals surface area contributed by atoms with Gasteiger partial charge >= 0.3 is 11.7 Å². The van der Waals surface area contributed by atoms with E-state index in [-0.39, 0.29) is 6.54 Å². The molecular formula is C27H31N3O5. The van der Waals surface area contributed by atoms with Crippen molar-refractivity contribution in [3.63, 3.8) is 0 Å². The number of aromatic nitrogens is 3. The molecule has 2 heterocycles. The van der Waals surface area contributed by atoms with Crippen molar-refractivity contribution in [2.75, 3.05) is 14.2 Å².